The minimum absolute atomic E-state index is 0.00488. The van der Waals surface area contributed by atoms with Crippen molar-refractivity contribution < 1.29 is 38.5 Å². The lowest BCUT2D eigenvalue weighted by atomic mass is 10.1. The molecule has 0 fully saturated rings. The third kappa shape index (κ3) is 6.32. The quantitative estimate of drug-likeness (QED) is 0.387. The monoisotopic (exact) mass is 531 g/mol. The lowest BCUT2D eigenvalue weighted by molar-refractivity contribution is -0.157. The fraction of sp³-hybridized carbons (Fsp3) is 0.120. The van der Waals surface area contributed by atoms with E-state index in [2.05, 4.69) is 5.32 Å². The van der Waals surface area contributed by atoms with Gasteiger partial charge < -0.3 is 24.6 Å². The first kappa shape index (κ1) is 26.5. The second-order valence-corrected chi connectivity index (χ2v) is 7.95. The summed E-state index contributed by atoms with van der Waals surface area (Å²) in [5.41, 5.74) is -0.118. The maximum atomic E-state index is 13.2. The Kier molecular flexibility index (Phi) is 8.88. The molecular formula is C25H19Cl2NO8. The number of carboxylic acid groups (broad SMARTS) is 1. The summed E-state index contributed by atoms with van der Waals surface area (Å²) < 4.78 is 15.5. The van der Waals surface area contributed by atoms with Crippen molar-refractivity contribution in [3.8, 4) is 5.75 Å². The van der Waals surface area contributed by atoms with E-state index < -0.39 is 36.0 Å². The van der Waals surface area contributed by atoms with Crippen LogP contribution in [0.2, 0.25) is 10.0 Å². The van der Waals surface area contributed by atoms with Gasteiger partial charge in [0.25, 0.3) is 5.91 Å². The van der Waals surface area contributed by atoms with Crippen molar-refractivity contribution in [3.63, 3.8) is 0 Å². The molecule has 3 aromatic rings. The minimum Gasteiger partial charge on any atom is -0.495 e. The Balaban J connectivity index is 1.97. The molecule has 0 aromatic heterocycles. The van der Waals surface area contributed by atoms with Crippen molar-refractivity contribution in [3.05, 3.63) is 94.0 Å². The molecule has 0 saturated carbocycles. The van der Waals surface area contributed by atoms with Gasteiger partial charge in [-0.3, -0.25) is 4.79 Å². The average Bonchev–Trinajstić information content (AvgIpc) is 2.86. The van der Waals surface area contributed by atoms with E-state index in [0.29, 0.717) is 0 Å². The first-order chi connectivity index (χ1) is 17.2. The number of benzene rings is 3. The number of carboxylic acids is 1. The molecule has 0 bridgehead atoms. The zero-order valence-electron chi connectivity index (χ0n) is 18.6. The first-order valence-electron chi connectivity index (χ1n) is 10.3. The van der Waals surface area contributed by atoms with E-state index in [9.17, 15) is 24.3 Å². The number of amides is 1. The summed E-state index contributed by atoms with van der Waals surface area (Å²) in [4.78, 5) is 50.9. The molecule has 2 N–H and O–H groups in total. The number of carbonyl (C=O) groups is 4. The van der Waals surface area contributed by atoms with Crippen molar-refractivity contribution in [2.45, 2.75) is 12.2 Å². The fourth-order valence-corrected chi connectivity index (χ4v) is 3.48. The number of aliphatic carboxylic acids is 1. The van der Waals surface area contributed by atoms with Gasteiger partial charge in [0, 0.05) is 0 Å². The number of rotatable bonds is 9. The summed E-state index contributed by atoms with van der Waals surface area (Å²) in [5, 5.41) is 12.3. The Morgan fingerprint density at radius 3 is 1.72 bits per heavy atom. The van der Waals surface area contributed by atoms with Crippen LogP contribution in [0.25, 0.3) is 0 Å². The predicted molar refractivity (Wildman–Crippen MR) is 131 cm³/mol. The number of methoxy groups -OCH3 is 1. The highest BCUT2D eigenvalue weighted by Gasteiger charge is 2.41. The second kappa shape index (κ2) is 12.1. The van der Waals surface area contributed by atoms with Crippen LogP contribution in [-0.2, 0) is 19.1 Å². The highest BCUT2D eigenvalue weighted by Crippen LogP contribution is 2.25. The largest absolute Gasteiger partial charge is 0.495 e. The Morgan fingerprint density at radius 1 is 0.750 bits per heavy atom. The van der Waals surface area contributed by atoms with Crippen LogP contribution in [0.1, 0.15) is 20.7 Å². The summed E-state index contributed by atoms with van der Waals surface area (Å²) >= 11 is 12.0. The van der Waals surface area contributed by atoms with Crippen molar-refractivity contribution in [2.24, 2.45) is 0 Å². The molecule has 11 heteroatoms. The number of anilines is 1. The van der Waals surface area contributed by atoms with Gasteiger partial charge in [-0.05, 0) is 36.4 Å². The summed E-state index contributed by atoms with van der Waals surface area (Å²) in [6, 6.07) is 17.8. The lowest BCUT2D eigenvalue weighted by Crippen LogP contribution is -2.48. The standard InChI is InChI=1S/C25H19Cl2NO8/c1-34-19-13-7-6-12-18(19)28-22(29)20(35-24(32)14-8-2-4-10-16(14)26)21(23(30)31)36-25(33)15-9-3-5-11-17(15)27/h2-13,20-21H,1H3,(H,28,29)(H,30,31)/t20-,21-/m0/s1. The van der Waals surface area contributed by atoms with Crippen LogP contribution in [-0.4, -0.2) is 48.2 Å². The number of ether oxygens (including phenoxy) is 3. The third-order valence-corrected chi connectivity index (χ3v) is 5.46. The van der Waals surface area contributed by atoms with E-state index in [1.165, 1.54) is 49.6 Å². The fourth-order valence-electron chi connectivity index (χ4n) is 3.06. The number of carbonyl (C=O) groups excluding carboxylic acids is 3. The van der Waals surface area contributed by atoms with Gasteiger partial charge in [-0.1, -0.05) is 59.6 Å². The molecule has 0 aliphatic carbocycles. The average molecular weight is 532 g/mol. The number of esters is 2. The Bertz CT molecular complexity index is 1300. The summed E-state index contributed by atoms with van der Waals surface area (Å²) in [5.74, 6) is -4.85. The van der Waals surface area contributed by atoms with E-state index in [1.54, 1.807) is 30.3 Å². The Morgan fingerprint density at radius 2 is 1.22 bits per heavy atom. The molecule has 0 aliphatic rings. The molecule has 0 aliphatic heterocycles. The molecule has 0 unspecified atom stereocenters. The zero-order chi connectivity index (χ0) is 26.2. The topological polar surface area (TPSA) is 128 Å². The highest BCUT2D eigenvalue weighted by atomic mass is 35.5. The molecule has 3 aromatic carbocycles. The van der Waals surface area contributed by atoms with E-state index in [0.717, 1.165) is 0 Å². The van der Waals surface area contributed by atoms with Gasteiger partial charge in [-0.15, -0.1) is 0 Å². The predicted octanol–water partition coefficient (Wildman–Crippen LogP) is 4.48. The Hall–Kier alpha value is -4.08. The lowest BCUT2D eigenvalue weighted by Gasteiger charge is -2.24. The number of hydrogen-bond donors (Lipinski definition) is 2. The molecule has 186 valence electrons. The van der Waals surface area contributed by atoms with Gasteiger partial charge in [-0.25, -0.2) is 14.4 Å². The van der Waals surface area contributed by atoms with Gasteiger partial charge in [0.2, 0.25) is 12.2 Å². The van der Waals surface area contributed by atoms with Gasteiger partial charge in [0.05, 0.1) is 34.0 Å². The molecule has 2 atom stereocenters. The van der Waals surface area contributed by atoms with Crippen LogP contribution < -0.4 is 10.1 Å². The molecule has 0 radical (unpaired) electrons. The van der Waals surface area contributed by atoms with Gasteiger partial charge in [-0.2, -0.15) is 0 Å². The van der Waals surface area contributed by atoms with Crippen LogP contribution in [0, 0.1) is 0 Å². The summed E-state index contributed by atoms with van der Waals surface area (Å²) in [6.07, 6.45) is -4.36. The zero-order valence-corrected chi connectivity index (χ0v) is 20.2. The minimum atomic E-state index is -2.24. The maximum absolute atomic E-state index is 13.2. The van der Waals surface area contributed by atoms with Crippen LogP contribution in [0.3, 0.4) is 0 Å². The van der Waals surface area contributed by atoms with E-state index in [4.69, 9.17) is 37.4 Å². The molecule has 0 heterocycles. The van der Waals surface area contributed by atoms with Crippen LogP contribution in [0.15, 0.2) is 72.8 Å². The van der Waals surface area contributed by atoms with E-state index >= 15 is 0 Å². The Labute approximate surface area is 215 Å². The first-order valence-corrected chi connectivity index (χ1v) is 11.1. The molecule has 1 amide bonds. The summed E-state index contributed by atoms with van der Waals surface area (Å²) in [6.45, 7) is 0. The van der Waals surface area contributed by atoms with E-state index in [1.807, 2.05) is 0 Å². The molecule has 9 nitrogen and oxygen atoms in total. The second-order valence-electron chi connectivity index (χ2n) is 7.14. The van der Waals surface area contributed by atoms with Crippen molar-refractivity contribution >= 4 is 52.7 Å². The highest BCUT2D eigenvalue weighted by molar-refractivity contribution is 6.34. The SMILES string of the molecule is COc1ccccc1NC(=O)[C@@H](OC(=O)c1ccccc1Cl)[C@H](OC(=O)c1ccccc1Cl)C(=O)O. The number of hydrogen-bond acceptors (Lipinski definition) is 7. The van der Waals surface area contributed by atoms with Crippen molar-refractivity contribution in [1.82, 2.24) is 0 Å². The van der Waals surface area contributed by atoms with Gasteiger partial charge >= 0.3 is 17.9 Å². The number of halogens is 2. The van der Waals surface area contributed by atoms with Gasteiger partial charge in [0.1, 0.15) is 5.75 Å². The normalized spacial score (nSPS) is 12.1. The van der Waals surface area contributed by atoms with Crippen molar-refractivity contribution in [1.29, 1.82) is 0 Å². The van der Waals surface area contributed by atoms with Gasteiger partial charge in [0.15, 0.2) is 0 Å². The smallest absolute Gasteiger partial charge is 0.349 e. The molecule has 36 heavy (non-hydrogen) atoms. The number of nitrogens with one attached hydrogen (secondary N) is 1. The van der Waals surface area contributed by atoms with Crippen LogP contribution in [0.4, 0.5) is 5.69 Å². The van der Waals surface area contributed by atoms with Crippen LogP contribution >= 0.6 is 23.2 Å². The molecular weight excluding hydrogens is 513 g/mol. The molecule has 0 spiro atoms. The van der Waals surface area contributed by atoms with E-state index in [-0.39, 0.29) is 32.6 Å². The third-order valence-electron chi connectivity index (χ3n) is 4.80. The number of para-hydroxylation sites is 2. The van der Waals surface area contributed by atoms with Crippen LogP contribution in [0.5, 0.6) is 5.75 Å². The molecule has 3 rings (SSSR count). The van der Waals surface area contributed by atoms with Crippen molar-refractivity contribution in [2.75, 3.05) is 12.4 Å². The summed E-state index contributed by atoms with van der Waals surface area (Å²) in [7, 11) is 1.37. The molecule has 0 saturated heterocycles. The maximum Gasteiger partial charge on any atom is 0.349 e.